The molecule has 0 radical (unpaired) electrons. The molecule has 0 unspecified atom stereocenters. The number of fused-ring (bicyclic) bond motifs is 1. The molecule has 0 atom stereocenters. The minimum atomic E-state index is -0.646. The van der Waals surface area contributed by atoms with Gasteiger partial charge in [-0.1, -0.05) is 11.6 Å². The van der Waals surface area contributed by atoms with Crippen molar-refractivity contribution in [2.45, 2.75) is 13.8 Å². The van der Waals surface area contributed by atoms with Gasteiger partial charge in [0.25, 0.3) is 0 Å². The lowest BCUT2D eigenvalue weighted by Gasteiger charge is -2.06. The largest absolute Gasteiger partial charge is 0.253 e. The SMILES string of the molecule is Cc1cnc2c(F)c(C)c(F)cc2c1Cl. The molecule has 4 heteroatoms. The zero-order valence-electron chi connectivity index (χ0n) is 8.24. The Morgan fingerprint density at radius 3 is 2.60 bits per heavy atom. The van der Waals surface area contributed by atoms with E-state index >= 15 is 0 Å². The van der Waals surface area contributed by atoms with Crippen LogP contribution in [0.2, 0.25) is 5.02 Å². The van der Waals surface area contributed by atoms with Gasteiger partial charge in [-0.15, -0.1) is 0 Å². The summed E-state index contributed by atoms with van der Waals surface area (Å²) < 4.78 is 26.9. The molecule has 0 N–H and O–H groups in total. The molecule has 0 saturated carbocycles. The Morgan fingerprint density at radius 1 is 1.27 bits per heavy atom. The fourth-order valence-electron chi connectivity index (χ4n) is 1.43. The van der Waals surface area contributed by atoms with Crippen LogP contribution in [0.4, 0.5) is 8.78 Å². The van der Waals surface area contributed by atoms with E-state index in [4.69, 9.17) is 11.6 Å². The van der Waals surface area contributed by atoms with Crippen LogP contribution < -0.4 is 0 Å². The molecule has 0 fully saturated rings. The van der Waals surface area contributed by atoms with Crippen LogP contribution in [0.3, 0.4) is 0 Å². The average molecular weight is 228 g/mol. The summed E-state index contributed by atoms with van der Waals surface area (Å²) >= 11 is 5.95. The average Bonchev–Trinajstić information content (AvgIpc) is 2.21. The second kappa shape index (κ2) is 3.42. The number of aryl methyl sites for hydroxylation is 1. The lowest BCUT2D eigenvalue weighted by molar-refractivity contribution is 0.575. The van der Waals surface area contributed by atoms with Crippen molar-refractivity contribution in [2.24, 2.45) is 0 Å². The summed E-state index contributed by atoms with van der Waals surface area (Å²) in [6, 6.07) is 1.22. The van der Waals surface area contributed by atoms with Crippen molar-refractivity contribution in [1.29, 1.82) is 0 Å². The molecule has 2 rings (SSSR count). The second-order valence-electron chi connectivity index (χ2n) is 3.45. The van der Waals surface area contributed by atoms with Crippen molar-refractivity contribution in [3.05, 3.63) is 40.0 Å². The molecule has 1 aromatic carbocycles. The van der Waals surface area contributed by atoms with Gasteiger partial charge in [-0.25, -0.2) is 8.78 Å². The lowest BCUT2D eigenvalue weighted by Crippen LogP contribution is -1.94. The molecule has 0 aliphatic heterocycles. The van der Waals surface area contributed by atoms with Crippen molar-refractivity contribution in [3.8, 4) is 0 Å². The van der Waals surface area contributed by atoms with E-state index in [1.807, 2.05) is 0 Å². The first-order chi connectivity index (χ1) is 7.02. The van der Waals surface area contributed by atoms with Gasteiger partial charge in [0.1, 0.15) is 11.3 Å². The lowest BCUT2D eigenvalue weighted by atomic mass is 10.1. The van der Waals surface area contributed by atoms with Crippen molar-refractivity contribution in [1.82, 2.24) is 4.98 Å². The highest BCUT2D eigenvalue weighted by molar-refractivity contribution is 6.36. The van der Waals surface area contributed by atoms with Crippen molar-refractivity contribution >= 4 is 22.5 Å². The maximum atomic E-state index is 13.6. The molecule has 78 valence electrons. The number of benzene rings is 1. The highest BCUT2D eigenvalue weighted by Gasteiger charge is 2.13. The van der Waals surface area contributed by atoms with E-state index in [1.165, 1.54) is 19.2 Å². The quantitative estimate of drug-likeness (QED) is 0.667. The van der Waals surface area contributed by atoms with E-state index in [9.17, 15) is 8.78 Å². The number of hydrogen-bond acceptors (Lipinski definition) is 1. The molecule has 0 spiro atoms. The van der Waals surface area contributed by atoms with Crippen LogP contribution >= 0.6 is 11.6 Å². The number of hydrogen-bond donors (Lipinski definition) is 0. The molecule has 0 bridgehead atoms. The third-order valence-corrected chi connectivity index (χ3v) is 2.89. The highest BCUT2D eigenvalue weighted by atomic mass is 35.5. The van der Waals surface area contributed by atoms with Crippen molar-refractivity contribution in [3.63, 3.8) is 0 Å². The van der Waals surface area contributed by atoms with E-state index < -0.39 is 11.6 Å². The first-order valence-electron chi connectivity index (χ1n) is 4.41. The standard InChI is InChI=1S/C11H8ClF2N/c1-5-4-15-11-7(9(5)12)3-8(13)6(2)10(11)14/h3-4H,1-2H3. The van der Waals surface area contributed by atoms with Crippen LogP contribution in [-0.4, -0.2) is 4.98 Å². The molecule has 2 aromatic rings. The second-order valence-corrected chi connectivity index (χ2v) is 3.83. The van der Waals surface area contributed by atoms with Crippen LogP contribution in [0.15, 0.2) is 12.3 Å². The molecule has 0 saturated heterocycles. The van der Waals surface area contributed by atoms with Gasteiger partial charge in [0, 0.05) is 17.1 Å². The maximum Gasteiger partial charge on any atom is 0.155 e. The van der Waals surface area contributed by atoms with Gasteiger partial charge in [0.05, 0.1) is 5.02 Å². The summed E-state index contributed by atoms with van der Waals surface area (Å²) in [5.74, 6) is -1.25. The monoisotopic (exact) mass is 227 g/mol. The first kappa shape index (κ1) is 10.3. The van der Waals surface area contributed by atoms with Crippen LogP contribution in [0.25, 0.3) is 10.9 Å². The molecule has 1 nitrogen and oxygen atoms in total. The van der Waals surface area contributed by atoms with Gasteiger partial charge in [-0.3, -0.25) is 4.98 Å². The van der Waals surface area contributed by atoms with Gasteiger partial charge in [-0.05, 0) is 25.5 Å². The third kappa shape index (κ3) is 1.47. The number of pyridine rings is 1. The Morgan fingerprint density at radius 2 is 1.93 bits per heavy atom. The van der Waals surface area contributed by atoms with Crippen LogP contribution in [-0.2, 0) is 0 Å². The molecule has 1 heterocycles. The minimum Gasteiger partial charge on any atom is -0.253 e. The normalized spacial score (nSPS) is 11.0. The topological polar surface area (TPSA) is 12.9 Å². The zero-order chi connectivity index (χ0) is 11.2. The van der Waals surface area contributed by atoms with E-state index in [2.05, 4.69) is 4.98 Å². The summed E-state index contributed by atoms with van der Waals surface area (Å²) in [5, 5.41) is 0.662. The number of aromatic nitrogens is 1. The van der Waals surface area contributed by atoms with Crippen molar-refractivity contribution < 1.29 is 8.78 Å². The summed E-state index contributed by atoms with van der Waals surface area (Å²) in [7, 11) is 0. The Hall–Kier alpha value is -1.22. The molecule has 15 heavy (non-hydrogen) atoms. The first-order valence-corrected chi connectivity index (χ1v) is 4.79. The van der Waals surface area contributed by atoms with Crippen LogP contribution in [0.5, 0.6) is 0 Å². The van der Waals surface area contributed by atoms with Crippen LogP contribution in [0, 0.1) is 25.5 Å². The number of nitrogens with zero attached hydrogens (tertiary/aromatic N) is 1. The molecule has 0 aliphatic rings. The van der Waals surface area contributed by atoms with Gasteiger partial charge in [0.15, 0.2) is 5.82 Å². The Bertz CT molecular complexity index is 552. The fraction of sp³-hybridized carbons (Fsp3) is 0.182. The van der Waals surface area contributed by atoms with Gasteiger partial charge >= 0.3 is 0 Å². The van der Waals surface area contributed by atoms with Crippen molar-refractivity contribution in [2.75, 3.05) is 0 Å². The summed E-state index contributed by atoms with van der Waals surface area (Å²) in [6.07, 6.45) is 1.48. The highest BCUT2D eigenvalue weighted by Crippen LogP contribution is 2.29. The Labute approximate surface area is 90.7 Å². The summed E-state index contributed by atoms with van der Waals surface area (Å²) in [6.45, 7) is 3.12. The molecular weight excluding hydrogens is 220 g/mol. The predicted octanol–water partition coefficient (Wildman–Crippen LogP) is 3.78. The van der Waals surface area contributed by atoms with Gasteiger partial charge < -0.3 is 0 Å². The van der Waals surface area contributed by atoms with E-state index in [0.717, 1.165) is 0 Å². The van der Waals surface area contributed by atoms with Crippen LogP contribution in [0.1, 0.15) is 11.1 Å². The van der Waals surface area contributed by atoms with E-state index in [-0.39, 0.29) is 11.1 Å². The van der Waals surface area contributed by atoms with E-state index in [1.54, 1.807) is 6.92 Å². The molecular formula is C11H8ClF2N. The fourth-order valence-corrected chi connectivity index (χ4v) is 1.62. The smallest absolute Gasteiger partial charge is 0.155 e. The third-order valence-electron chi connectivity index (χ3n) is 2.39. The number of halogens is 3. The Kier molecular flexibility index (Phi) is 2.35. The molecule has 0 aliphatic carbocycles. The summed E-state index contributed by atoms with van der Waals surface area (Å²) in [5.41, 5.74) is 0.784. The number of rotatable bonds is 0. The predicted molar refractivity (Wildman–Crippen MR) is 56.1 cm³/mol. The summed E-state index contributed by atoms with van der Waals surface area (Å²) in [4.78, 5) is 3.92. The zero-order valence-corrected chi connectivity index (χ0v) is 8.99. The molecule has 0 amide bonds. The Balaban J connectivity index is 2.98. The van der Waals surface area contributed by atoms with Gasteiger partial charge in [0.2, 0.25) is 0 Å². The minimum absolute atomic E-state index is 0.0325. The van der Waals surface area contributed by atoms with Gasteiger partial charge in [-0.2, -0.15) is 0 Å². The maximum absolute atomic E-state index is 13.6. The van der Waals surface area contributed by atoms with E-state index in [0.29, 0.717) is 16.0 Å². The molecule has 1 aromatic heterocycles.